The normalized spacial score (nSPS) is 25.2. The number of hydrogen-bond donors (Lipinski definition) is 0. The molecule has 2 unspecified atom stereocenters. The standard InChI is InChI=1S/C22H30FN3OS/c1-16-11-26(12-17(2)27-16)13-18-7-9-25(10-8-18)14-21-15-28-22(24-21)19-3-5-20(23)6-4-19/h3-6,15-18H,7-14H2,1-2H3. The molecule has 1 aromatic heterocycles. The average molecular weight is 404 g/mol. The van der Waals surface area contributed by atoms with E-state index in [2.05, 4.69) is 29.0 Å². The van der Waals surface area contributed by atoms with Gasteiger partial charge in [-0.05, 0) is 70.0 Å². The summed E-state index contributed by atoms with van der Waals surface area (Å²) >= 11 is 1.64. The van der Waals surface area contributed by atoms with E-state index in [-0.39, 0.29) is 5.82 Å². The molecule has 0 saturated carbocycles. The highest BCUT2D eigenvalue weighted by Gasteiger charge is 2.26. The Morgan fingerprint density at radius 2 is 1.75 bits per heavy atom. The molecule has 0 amide bonds. The molecule has 2 aliphatic heterocycles. The van der Waals surface area contributed by atoms with Gasteiger partial charge in [-0.3, -0.25) is 9.80 Å². The number of benzene rings is 1. The molecule has 2 aromatic rings. The van der Waals surface area contributed by atoms with Gasteiger partial charge in [0.15, 0.2) is 0 Å². The molecule has 1 aromatic carbocycles. The summed E-state index contributed by atoms with van der Waals surface area (Å²) in [5.74, 6) is 0.586. The molecule has 2 saturated heterocycles. The third-order valence-electron chi connectivity index (χ3n) is 5.75. The van der Waals surface area contributed by atoms with Crippen molar-refractivity contribution >= 4 is 11.3 Å². The molecule has 152 valence electrons. The first kappa shape index (κ1) is 20.0. The molecule has 0 spiro atoms. The third kappa shape index (κ3) is 5.17. The van der Waals surface area contributed by atoms with Crippen molar-refractivity contribution in [3.63, 3.8) is 0 Å². The number of rotatable bonds is 5. The van der Waals surface area contributed by atoms with E-state index in [0.717, 1.165) is 54.9 Å². The summed E-state index contributed by atoms with van der Waals surface area (Å²) < 4.78 is 19.0. The van der Waals surface area contributed by atoms with E-state index in [1.54, 1.807) is 23.5 Å². The summed E-state index contributed by atoms with van der Waals surface area (Å²) in [6.07, 6.45) is 3.22. The van der Waals surface area contributed by atoms with Crippen molar-refractivity contribution in [2.75, 3.05) is 32.7 Å². The van der Waals surface area contributed by atoms with Crippen LogP contribution >= 0.6 is 11.3 Å². The first-order valence-electron chi connectivity index (χ1n) is 10.4. The van der Waals surface area contributed by atoms with E-state index in [1.165, 1.54) is 31.5 Å². The van der Waals surface area contributed by atoms with Crippen molar-refractivity contribution in [2.45, 2.75) is 45.4 Å². The number of nitrogens with zero attached hydrogens (tertiary/aromatic N) is 3. The number of ether oxygens (including phenoxy) is 1. The van der Waals surface area contributed by atoms with E-state index in [1.807, 2.05) is 0 Å². The second-order valence-electron chi connectivity index (χ2n) is 8.35. The summed E-state index contributed by atoms with van der Waals surface area (Å²) in [6, 6.07) is 6.60. The smallest absolute Gasteiger partial charge is 0.123 e. The summed E-state index contributed by atoms with van der Waals surface area (Å²) in [6.45, 7) is 10.9. The fraction of sp³-hybridized carbons (Fsp3) is 0.591. The number of morpholine rings is 1. The highest BCUT2D eigenvalue weighted by molar-refractivity contribution is 7.13. The second-order valence-corrected chi connectivity index (χ2v) is 9.20. The second kappa shape index (κ2) is 8.99. The molecular weight excluding hydrogens is 373 g/mol. The molecule has 0 radical (unpaired) electrons. The Morgan fingerprint density at radius 1 is 1.07 bits per heavy atom. The van der Waals surface area contributed by atoms with E-state index in [9.17, 15) is 4.39 Å². The van der Waals surface area contributed by atoms with Crippen LogP contribution in [0.4, 0.5) is 4.39 Å². The monoisotopic (exact) mass is 403 g/mol. The first-order chi connectivity index (χ1) is 13.5. The molecule has 0 bridgehead atoms. The van der Waals surface area contributed by atoms with Crippen molar-refractivity contribution in [3.05, 3.63) is 41.2 Å². The van der Waals surface area contributed by atoms with Crippen molar-refractivity contribution in [1.82, 2.24) is 14.8 Å². The fourth-order valence-electron chi connectivity index (χ4n) is 4.46. The Balaban J connectivity index is 1.25. The number of thiazole rings is 1. The van der Waals surface area contributed by atoms with Crippen LogP contribution in [-0.4, -0.2) is 59.7 Å². The minimum absolute atomic E-state index is 0.204. The molecule has 3 heterocycles. The van der Waals surface area contributed by atoms with E-state index < -0.39 is 0 Å². The van der Waals surface area contributed by atoms with Gasteiger partial charge in [-0.25, -0.2) is 9.37 Å². The summed E-state index contributed by atoms with van der Waals surface area (Å²) in [5, 5.41) is 3.11. The number of aromatic nitrogens is 1. The third-order valence-corrected chi connectivity index (χ3v) is 6.69. The van der Waals surface area contributed by atoms with Crippen LogP contribution in [0.3, 0.4) is 0 Å². The summed E-state index contributed by atoms with van der Waals surface area (Å²) in [5.41, 5.74) is 2.11. The van der Waals surface area contributed by atoms with Crippen LogP contribution in [-0.2, 0) is 11.3 Å². The molecule has 2 aliphatic rings. The largest absolute Gasteiger partial charge is 0.373 e. The molecular formula is C22H30FN3OS. The lowest BCUT2D eigenvalue weighted by atomic mass is 9.95. The quantitative estimate of drug-likeness (QED) is 0.745. The first-order valence-corrected chi connectivity index (χ1v) is 11.2. The molecule has 2 atom stereocenters. The van der Waals surface area contributed by atoms with Gasteiger partial charge < -0.3 is 4.74 Å². The highest BCUT2D eigenvalue weighted by Crippen LogP contribution is 2.26. The number of piperidine rings is 1. The van der Waals surface area contributed by atoms with E-state index in [0.29, 0.717) is 12.2 Å². The molecule has 28 heavy (non-hydrogen) atoms. The lowest BCUT2D eigenvalue weighted by molar-refractivity contribution is -0.0732. The maximum Gasteiger partial charge on any atom is 0.123 e. The predicted octanol–water partition coefficient (Wildman–Crippen LogP) is 4.27. The molecule has 0 N–H and O–H groups in total. The lowest BCUT2D eigenvalue weighted by Crippen LogP contribution is -2.48. The van der Waals surface area contributed by atoms with Crippen molar-refractivity contribution < 1.29 is 9.13 Å². The van der Waals surface area contributed by atoms with Gasteiger partial charge in [-0.15, -0.1) is 11.3 Å². The van der Waals surface area contributed by atoms with Crippen molar-refractivity contribution in [2.24, 2.45) is 5.92 Å². The topological polar surface area (TPSA) is 28.6 Å². The van der Waals surface area contributed by atoms with Gasteiger partial charge in [0.05, 0.1) is 17.9 Å². The van der Waals surface area contributed by atoms with Gasteiger partial charge in [-0.1, -0.05) is 0 Å². The zero-order chi connectivity index (χ0) is 19.5. The minimum Gasteiger partial charge on any atom is -0.373 e. The van der Waals surface area contributed by atoms with Gasteiger partial charge in [-0.2, -0.15) is 0 Å². The van der Waals surface area contributed by atoms with E-state index >= 15 is 0 Å². The molecule has 0 aliphatic carbocycles. The molecule has 4 nitrogen and oxygen atoms in total. The molecule has 6 heteroatoms. The highest BCUT2D eigenvalue weighted by atomic mass is 32.1. The Labute approximate surface area is 171 Å². The van der Waals surface area contributed by atoms with Gasteiger partial charge in [0.2, 0.25) is 0 Å². The average Bonchev–Trinajstić information content (AvgIpc) is 3.12. The Kier molecular flexibility index (Phi) is 6.41. The number of hydrogen-bond acceptors (Lipinski definition) is 5. The van der Waals surface area contributed by atoms with Crippen LogP contribution in [0.5, 0.6) is 0 Å². The molecule has 4 rings (SSSR count). The van der Waals surface area contributed by atoms with Gasteiger partial charge in [0, 0.05) is 37.1 Å². The summed E-state index contributed by atoms with van der Waals surface area (Å²) in [4.78, 5) is 9.88. The molecule has 2 fully saturated rings. The predicted molar refractivity (Wildman–Crippen MR) is 112 cm³/mol. The van der Waals surface area contributed by atoms with Crippen LogP contribution in [0, 0.1) is 11.7 Å². The maximum atomic E-state index is 13.1. The Morgan fingerprint density at radius 3 is 2.43 bits per heavy atom. The van der Waals surface area contributed by atoms with Gasteiger partial charge >= 0.3 is 0 Å². The zero-order valence-electron chi connectivity index (χ0n) is 16.8. The Bertz CT molecular complexity index is 747. The van der Waals surface area contributed by atoms with Crippen molar-refractivity contribution in [3.8, 4) is 10.6 Å². The number of likely N-dealkylation sites (tertiary alicyclic amines) is 1. The van der Waals surface area contributed by atoms with Crippen molar-refractivity contribution in [1.29, 1.82) is 0 Å². The zero-order valence-corrected chi connectivity index (χ0v) is 17.6. The summed E-state index contributed by atoms with van der Waals surface area (Å²) in [7, 11) is 0. The SMILES string of the molecule is CC1CN(CC2CCN(Cc3csc(-c4ccc(F)cc4)n3)CC2)CC(C)O1. The fourth-order valence-corrected chi connectivity index (χ4v) is 5.28. The Hall–Kier alpha value is -1.34. The van der Waals surface area contributed by atoms with Gasteiger partial charge in [0.25, 0.3) is 0 Å². The van der Waals surface area contributed by atoms with E-state index in [4.69, 9.17) is 9.72 Å². The minimum atomic E-state index is -0.204. The maximum absolute atomic E-state index is 13.1. The van der Waals surface area contributed by atoms with Crippen LogP contribution in [0.25, 0.3) is 10.6 Å². The van der Waals surface area contributed by atoms with Crippen LogP contribution in [0.1, 0.15) is 32.4 Å². The van der Waals surface area contributed by atoms with Gasteiger partial charge in [0.1, 0.15) is 10.8 Å². The number of halogens is 1. The van der Waals surface area contributed by atoms with Crippen LogP contribution in [0.15, 0.2) is 29.6 Å². The lowest BCUT2D eigenvalue weighted by Gasteiger charge is -2.39. The van der Waals surface area contributed by atoms with Crippen LogP contribution < -0.4 is 0 Å². The van der Waals surface area contributed by atoms with Crippen LogP contribution in [0.2, 0.25) is 0 Å².